The molecule has 0 saturated carbocycles. The lowest BCUT2D eigenvalue weighted by atomic mass is 10.1. The van der Waals surface area contributed by atoms with Crippen LogP contribution in [-0.4, -0.2) is 18.3 Å². The van der Waals surface area contributed by atoms with Gasteiger partial charge in [-0.3, -0.25) is 9.79 Å². The number of nitrogens with one attached hydrogen (secondary N) is 1. The Balaban J connectivity index is 1.59. The average Bonchev–Trinajstić information content (AvgIpc) is 2.69. The Labute approximate surface area is 169 Å². The standard InChI is InChI=1S/C23H20ClN3O/c1-16-3-12-22(17(2)13-16)25-14-18-4-6-19(7-5-18)15-26-27-23(28)20-8-10-21(24)11-9-20/h3-15H,1-2H3,(H,27,28)/b25-14?,26-15+. The Morgan fingerprint density at radius 2 is 1.54 bits per heavy atom. The maximum Gasteiger partial charge on any atom is 0.271 e. The van der Waals surface area contributed by atoms with Gasteiger partial charge in [0, 0.05) is 16.8 Å². The van der Waals surface area contributed by atoms with E-state index in [1.165, 1.54) is 5.56 Å². The van der Waals surface area contributed by atoms with Crippen LogP contribution < -0.4 is 5.43 Å². The van der Waals surface area contributed by atoms with Crippen molar-refractivity contribution in [3.05, 3.63) is 99.6 Å². The summed E-state index contributed by atoms with van der Waals surface area (Å²) in [6.45, 7) is 4.12. The number of carbonyl (C=O) groups excluding carboxylic acids is 1. The van der Waals surface area contributed by atoms with Crippen molar-refractivity contribution in [2.75, 3.05) is 0 Å². The molecule has 0 aliphatic heterocycles. The predicted molar refractivity (Wildman–Crippen MR) is 116 cm³/mol. The molecule has 0 atom stereocenters. The SMILES string of the molecule is Cc1ccc(N=Cc2ccc(/C=N/NC(=O)c3ccc(Cl)cc3)cc2)c(C)c1. The zero-order valence-corrected chi connectivity index (χ0v) is 16.4. The van der Waals surface area contributed by atoms with Crippen LogP contribution in [0, 0.1) is 13.8 Å². The second-order valence-electron chi connectivity index (χ2n) is 6.42. The molecule has 0 saturated heterocycles. The van der Waals surface area contributed by atoms with Crippen LogP contribution in [0.3, 0.4) is 0 Å². The van der Waals surface area contributed by atoms with Crippen LogP contribution in [0.5, 0.6) is 0 Å². The molecule has 0 aliphatic carbocycles. The van der Waals surface area contributed by atoms with Crippen molar-refractivity contribution in [1.29, 1.82) is 0 Å². The molecule has 1 amide bonds. The number of hydrogen-bond donors (Lipinski definition) is 1. The molecule has 3 rings (SSSR count). The summed E-state index contributed by atoms with van der Waals surface area (Å²) in [4.78, 5) is 16.5. The molecule has 4 nitrogen and oxygen atoms in total. The molecule has 1 N–H and O–H groups in total. The molecule has 0 fully saturated rings. The molecule has 3 aromatic rings. The number of hydrogen-bond acceptors (Lipinski definition) is 3. The fourth-order valence-electron chi connectivity index (χ4n) is 2.59. The molecule has 0 aliphatic rings. The number of aliphatic imine (C=N–C) groups is 1. The zero-order valence-electron chi connectivity index (χ0n) is 15.7. The lowest BCUT2D eigenvalue weighted by molar-refractivity contribution is 0.0955. The Bertz CT molecular complexity index is 1020. The lowest BCUT2D eigenvalue weighted by Gasteiger charge is -2.01. The lowest BCUT2D eigenvalue weighted by Crippen LogP contribution is -2.17. The number of rotatable bonds is 5. The van der Waals surface area contributed by atoms with Gasteiger partial charge in [0.1, 0.15) is 0 Å². The maximum atomic E-state index is 12.0. The number of halogens is 1. The highest BCUT2D eigenvalue weighted by Gasteiger charge is 2.03. The minimum absolute atomic E-state index is 0.287. The first kappa shape index (κ1) is 19.5. The first-order chi connectivity index (χ1) is 13.5. The van der Waals surface area contributed by atoms with Gasteiger partial charge in [0.2, 0.25) is 0 Å². The van der Waals surface area contributed by atoms with Gasteiger partial charge >= 0.3 is 0 Å². The van der Waals surface area contributed by atoms with Crippen molar-refractivity contribution in [3.63, 3.8) is 0 Å². The molecule has 140 valence electrons. The molecular weight excluding hydrogens is 370 g/mol. The van der Waals surface area contributed by atoms with E-state index in [0.29, 0.717) is 10.6 Å². The summed E-state index contributed by atoms with van der Waals surface area (Å²) in [7, 11) is 0. The molecule has 28 heavy (non-hydrogen) atoms. The second-order valence-corrected chi connectivity index (χ2v) is 6.86. The largest absolute Gasteiger partial charge is 0.271 e. The van der Waals surface area contributed by atoms with Gasteiger partial charge in [-0.15, -0.1) is 0 Å². The van der Waals surface area contributed by atoms with Crippen LogP contribution in [0.25, 0.3) is 0 Å². The van der Waals surface area contributed by atoms with Gasteiger partial charge in [-0.05, 0) is 60.9 Å². The van der Waals surface area contributed by atoms with Crippen LogP contribution in [0.15, 0.2) is 76.8 Å². The van der Waals surface area contributed by atoms with Gasteiger partial charge < -0.3 is 0 Å². The van der Waals surface area contributed by atoms with Crippen molar-refractivity contribution >= 4 is 35.6 Å². The third-order valence-corrected chi connectivity index (χ3v) is 4.38. The van der Waals surface area contributed by atoms with E-state index in [1.807, 2.05) is 36.5 Å². The zero-order chi connectivity index (χ0) is 19.9. The third-order valence-electron chi connectivity index (χ3n) is 4.13. The minimum Gasteiger partial charge on any atom is -0.267 e. The fraction of sp³-hybridized carbons (Fsp3) is 0.0870. The van der Waals surface area contributed by atoms with Crippen molar-refractivity contribution < 1.29 is 4.79 Å². The highest BCUT2D eigenvalue weighted by molar-refractivity contribution is 6.30. The van der Waals surface area contributed by atoms with Gasteiger partial charge in [0.05, 0.1) is 11.9 Å². The molecule has 0 unspecified atom stereocenters. The molecule has 0 aromatic heterocycles. The van der Waals surface area contributed by atoms with Crippen LogP contribution >= 0.6 is 11.6 Å². The van der Waals surface area contributed by atoms with E-state index in [1.54, 1.807) is 30.5 Å². The number of nitrogens with zero attached hydrogens (tertiary/aromatic N) is 2. The van der Waals surface area contributed by atoms with Gasteiger partial charge in [-0.25, -0.2) is 5.43 Å². The highest BCUT2D eigenvalue weighted by Crippen LogP contribution is 2.19. The molecular formula is C23H20ClN3O. The summed E-state index contributed by atoms with van der Waals surface area (Å²) in [5, 5.41) is 4.58. The maximum absolute atomic E-state index is 12.0. The van der Waals surface area contributed by atoms with Gasteiger partial charge in [0.15, 0.2) is 0 Å². The second kappa shape index (κ2) is 9.11. The molecule has 3 aromatic carbocycles. The number of carbonyl (C=O) groups is 1. The van der Waals surface area contributed by atoms with Crippen LogP contribution in [0.1, 0.15) is 32.6 Å². The molecule has 0 bridgehead atoms. The number of amides is 1. The van der Waals surface area contributed by atoms with Crippen molar-refractivity contribution in [3.8, 4) is 0 Å². The van der Waals surface area contributed by atoms with Crippen molar-refractivity contribution in [2.24, 2.45) is 10.1 Å². The normalized spacial score (nSPS) is 11.2. The summed E-state index contributed by atoms with van der Waals surface area (Å²) in [6, 6.07) is 20.6. The summed E-state index contributed by atoms with van der Waals surface area (Å²) >= 11 is 5.81. The first-order valence-corrected chi connectivity index (χ1v) is 9.19. The molecule has 0 spiro atoms. The van der Waals surface area contributed by atoms with E-state index in [2.05, 4.69) is 41.5 Å². The van der Waals surface area contributed by atoms with E-state index in [0.717, 1.165) is 22.4 Å². The van der Waals surface area contributed by atoms with Gasteiger partial charge in [0.25, 0.3) is 5.91 Å². The summed E-state index contributed by atoms with van der Waals surface area (Å²) < 4.78 is 0. The van der Waals surface area contributed by atoms with E-state index >= 15 is 0 Å². The predicted octanol–water partition coefficient (Wildman–Crippen LogP) is 5.47. The summed E-state index contributed by atoms with van der Waals surface area (Å²) in [5.41, 5.74) is 8.20. The Morgan fingerprint density at radius 3 is 2.18 bits per heavy atom. The number of aryl methyl sites for hydroxylation is 2. The van der Waals surface area contributed by atoms with E-state index < -0.39 is 0 Å². The Kier molecular flexibility index (Phi) is 6.35. The molecule has 0 radical (unpaired) electrons. The smallest absolute Gasteiger partial charge is 0.267 e. The molecule has 5 heteroatoms. The van der Waals surface area contributed by atoms with Gasteiger partial charge in [-0.2, -0.15) is 5.10 Å². The Hall–Kier alpha value is -3.24. The van der Waals surface area contributed by atoms with E-state index in [-0.39, 0.29) is 5.91 Å². The fourth-order valence-corrected chi connectivity index (χ4v) is 2.72. The van der Waals surface area contributed by atoms with E-state index in [9.17, 15) is 4.79 Å². The topological polar surface area (TPSA) is 53.8 Å². The van der Waals surface area contributed by atoms with Crippen molar-refractivity contribution in [1.82, 2.24) is 5.43 Å². The van der Waals surface area contributed by atoms with E-state index in [4.69, 9.17) is 11.6 Å². The van der Waals surface area contributed by atoms with Crippen LogP contribution in [0.4, 0.5) is 5.69 Å². The first-order valence-electron chi connectivity index (χ1n) is 8.81. The minimum atomic E-state index is -0.287. The number of benzene rings is 3. The van der Waals surface area contributed by atoms with Crippen LogP contribution in [0.2, 0.25) is 5.02 Å². The number of hydrazone groups is 1. The van der Waals surface area contributed by atoms with Crippen LogP contribution in [-0.2, 0) is 0 Å². The van der Waals surface area contributed by atoms with Gasteiger partial charge in [-0.1, -0.05) is 53.6 Å². The molecule has 0 heterocycles. The Morgan fingerprint density at radius 1 is 0.893 bits per heavy atom. The highest BCUT2D eigenvalue weighted by atomic mass is 35.5. The summed E-state index contributed by atoms with van der Waals surface area (Å²) in [6.07, 6.45) is 3.43. The quantitative estimate of drug-likeness (QED) is 0.456. The monoisotopic (exact) mass is 389 g/mol. The average molecular weight is 390 g/mol. The summed E-state index contributed by atoms with van der Waals surface area (Å²) in [5.74, 6) is -0.287. The third kappa shape index (κ3) is 5.38. The van der Waals surface area contributed by atoms with Crippen molar-refractivity contribution in [2.45, 2.75) is 13.8 Å².